The Balaban J connectivity index is 1.79. The molecule has 1 aliphatic rings. The molecule has 2 aromatic rings. The van der Waals surface area contributed by atoms with Crippen molar-refractivity contribution in [3.8, 4) is 5.75 Å². The van der Waals surface area contributed by atoms with Gasteiger partial charge in [-0.05, 0) is 74.5 Å². The van der Waals surface area contributed by atoms with E-state index < -0.39 is 0 Å². The van der Waals surface area contributed by atoms with Gasteiger partial charge in [0.25, 0.3) is 5.91 Å². The average molecular weight is 619 g/mol. The third-order valence-corrected chi connectivity index (χ3v) is 6.71. The number of ether oxygens (including phenoxy) is 1. The van der Waals surface area contributed by atoms with Gasteiger partial charge >= 0.3 is 0 Å². The molecule has 0 unspecified atom stereocenters. The van der Waals surface area contributed by atoms with Crippen molar-refractivity contribution in [3.63, 3.8) is 0 Å². The second kappa shape index (κ2) is 9.53. The standard InChI is InChI=1S/C20H15I2NO2S2/c1-2-8-23-19(24)17(27-20(23)26)11-14-9-15(21)18(16(22)10-14)25-12-13-6-4-3-5-7-13/h2-7,9-11H,1,8,12H2/b17-11-. The van der Waals surface area contributed by atoms with Crippen LogP contribution in [0.3, 0.4) is 0 Å². The van der Waals surface area contributed by atoms with E-state index in [0.29, 0.717) is 22.4 Å². The van der Waals surface area contributed by atoms with E-state index in [1.54, 1.807) is 11.0 Å². The van der Waals surface area contributed by atoms with Crippen molar-refractivity contribution in [1.82, 2.24) is 4.90 Å². The fraction of sp³-hybridized carbons (Fsp3) is 0.100. The minimum atomic E-state index is -0.0701. The van der Waals surface area contributed by atoms with Gasteiger partial charge in [-0.3, -0.25) is 9.69 Å². The van der Waals surface area contributed by atoms with E-state index >= 15 is 0 Å². The normalized spacial score (nSPS) is 15.5. The maximum Gasteiger partial charge on any atom is 0.266 e. The molecule has 1 aliphatic heterocycles. The lowest BCUT2D eigenvalue weighted by atomic mass is 10.2. The van der Waals surface area contributed by atoms with E-state index in [1.165, 1.54) is 11.8 Å². The minimum Gasteiger partial charge on any atom is -0.487 e. The predicted molar refractivity (Wildman–Crippen MR) is 133 cm³/mol. The summed E-state index contributed by atoms with van der Waals surface area (Å²) in [4.78, 5) is 14.7. The van der Waals surface area contributed by atoms with Gasteiger partial charge in [-0.25, -0.2) is 0 Å². The molecule has 0 spiro atoms. The Morgan fingerprint density at radius 1 is 1.19 bits per heavy atom. The van der Waals surface area contributed by atoms with E-state index in [1.807, 2.05) is 48.5 Å². The highest BCUT2D eigenvalue weighted by atomic mass is 127. The maximum absolute atomic E-state index is 12.5. The molecule has 7 heteroatoms. The molecule has 1 amide bonds. The van der Waals surface area contributed by atoms with Crippen molar-refractivity contribution in [2.24, 2.45) is 0 Å². The highest BCUT2D eigenvalue weighted by Gasteiger charge is 2.31. The molecule has 1 heterocycles. The van der Waals surface area contributed by atoms with Crippen molar-refractivity contribution in [1.29, 1.82) is 0 Å². The molecule has 0 aromatic heterocycles. The Hall–Kier alpha value is -0.910. The number of rotatable bonds is 6. The summed E-state index contributed by atoms with van der Waals surface area (Å²) in [5.41, 5.74) is 2.08. The molecule has 0 aliphatic carbocycles. The van der Waals surface area contributed by atoms with Crippen LogP contribution in [0.2, 0.25) is 0 Å². The summed E-state index contributed by atoms with van der Waals surface area (Å²) in [7, 11) is 0. The van der Waals surface area contributed by atoms with Crippen molar-refractivity contribution >= 4 is 85.5 Å². The van der Waals surface area contributed by atoms with Crippen LogP contribution in [0.15, 0.2) is 60.0 Å². The van der Waals surface area contributed by atoms with Gasteiger partial charge < -0.3 is 4.74 Å². The largest absolute Gasteiger partial charge is 0.487 e. The molecular weight excluding hydrogens is 604 g/mol. The first-order chi connectivity index (χ1) is 13.0. The quantitative estimate of drug-likeness (QED) is 0.176. The Morgan fingerprint density at radius 2 is 1.85 bits per heavy atom. The summed E-state index contributed by atoms with van der Waals surface area (Å²) in [6.07, 6.45) is 3.56. The molecule has 3 rings (SSSR count). The smallest absolute Gasteiger partial charge is 0.266 e. The van der Waals surface area contributed by atoms with Crippen LogP contribution in [0.25, 0.3) is 6.08 Å². The average Bonchev–Trinajstić information content (AvgIpc) is 2.90. The molecule has 1 fully saturated rings. The van der Waals surface area contributed by atoms with Crippen LogP contribution >= 0.6 is 69.2 Å². The van der Waals surface area contributed by atoms with Crippen LogP contribution in [-0.2, 0) is 11.4 Å². The fourth-order valence-electron chi connectivity index (χ4n) is 2.47. The summed E-state index contributed by atoms with van der Waals surface area (Å²) >= 11 is 11.1. The van der Waals surface area contributed by atoms with Gasteiger partial charge in [0.1, 0.15) is 16.7 Å². The van der Waals surface area contributed by atoms with Gasteiger partial charge in [0.15, 0.2) is 0 Å². The molecular formula is C20H15I2NO2S2. The lowest BCUT2D eigenvalue weighted by Gasteiger charge is -2.12. The number of benzene rings is 2. The number of nitrogens with zero attached hydrogens (tertiary/aromatic N) is 1. The van der Waals surface area contributed by atoms with Crippen molar-refractivity contribution < 1.29 is 9.53 Å². The predicted octanol–water partition coefficient (Wildman–Crippen LogP) is 5.86. The monoisotopic (exact) mass is 619 g/mol. The third kappa shape index (κ3) is 5.12. The first kappa shape index (κ1) is 20.8. The molecule has 3 nitrogen and oxygen atoms in total. The summed E-state index contributed by atoms with van der Waals surface area (Å²) in [5, 5.41) is 0. The lowest BCUT2D eigenvalue weighted by molar-refractivity contribution is -0.121. The van der Waals surface area contributed by atoms with E-state index in [9.17, 15) is 4.79 Å². The zero-order valence-corrected chi connectivity index (χ0v) is 20.1. The SMILES string of the molecule is C=CCN1C(=O)/C(=C/c2cc(I)c(OCc3ccccc3)c(I)c2)SC1=S. The maximum atomic E-state index is 12.5. The van der Waals surface area contributed by atoms with Crippen LogP contribution in [0.1, 0.15) is 11.1 Å². The molecule has 0 atom stereocenters. The van der Waals surface area contributed by atoms with Crippen molar-refractivity contribution in [3.05, 3.63) is 78.3 Å². The van der Waals surface area contributed by atoms with E-state index in [-0.39, 0.29) is 5.91 Å². The lowest BCUT2D eigenvalue weighted by Crippen LogP contribution is -2.27. The number of hydrogen-bond donors (Lipinski definition) is 0. The Bertz CT molecular complexity index is 906. The second-order valence-electron chi connectivity index (χ2n) is 5.67. The molecule has 0 N–H and O–H groups in total. The van der Waals surface area contributed by atoms with Crippen LogP contribution in [0.4, 0.5) is 0 Å². The van der Waals surface area contributed by atoms with Crippen LogP contribution < -0.4 is 4.74 Å². The molecule has 0 saturated carbocycles. The number of amides is 1. The molecule has 2 aromatic carbocycles. The van der Waals surface area contributed by atoms with Crippen molar-refractivity contribution in [2.75, 3.05) is 6.54 Å². The van der Waals surface area contributed by atoms with Gasteiger partial charge in [-0.15, -0.1) is 6.58 Å². The first-order valence-corrected chi connectivity index (χ1v) is 11.4. The van der Waals surface area contributed by atoms with E-state index in [2.05, 4.69) is 51.8 Å². The summed E-state index contributed by atoms with van der Waals surface area (Å²) in [6.45, 7) is 4.63. The molecule has 0 bridgehead atoms. The fourth-order valence-corrected chi connectivity index (χ4v) is 5.87. The zero-order valence-electron chi connectivity index (χ0n) is 14.2. The molecule has 1 saturated heterocycles. The minimum absolute atomic E-state index is 0.0701. The molecule has 0 radical (unpaired) electrons. The second-order valence-corrected chi connectivity index (χ2v) is 9.67. The van der Waals surface area contributed by atoms with Crippen LogP contribution in [0.5, 0.6) is 5.75 Å². The van der Waals surface area contributed by atoms with Crippen molar-refractivity contribution in [2.45, 2.75) is 6.61 Å². The highest BCUT2D eigenvalue weighted by Crippen LogP contribution is 2.35. The molecule has 138 valence electrons. The Labute approximate surface area is 195 Å². The number of halogens is 2. The number of hydrogen-bond acceptors (Lipinski definition) is 4. The third-order valence-electron chi connectivity index (χ3n) is 3.73. The van der Waals surface area contributed by atoms with Gasteiger partial charge in [0.2, 0.25) is 0 Å². The number of carbonyl (C=O) groups is 1. The summed E-state index contributed by atoms with van der Waals surface area (Å²) in [5.74, 6) is 0.788. The Kier molecular flexibility index (Phi) is 7.35. The van der Waals surface area contributed by atoms with Gasteiger partial charge in [0.05, 0.1) is 12.0 Å². The summed E-state index contributed by atoms with van der Waals surface area (Å²) < 4.78 is 8.59. The van der Waals surface area contributed by atoms with E-state index in [4.69, 9.17) is 17.0 Å². The van der Waals surface area contributed by atoms with Gasteiger partial charge in [-0.2, -0.15) is 0 Å². The topological polar surface area (TPSA) is 29.5 Å². The highest BCUT2D eigenvalue weighted by molar-refractivity contribution is 14.1. The van der Waals surface area contributed by atoms with Crippen LogP contribution in [0, 0.1) is 7.14 Å². The van der Waals surface area contributed by atoms with Gasteiger partial charge in [0, 0.05) is 6.54 Å². The van der Waals surface area contributed by atoms with Crippen LogP contribution in [-0.4, -0.2) is 21.7 Å². The molecule has 27 heavy (non-hydrogen) atoms. The summed E-state index contributed by atoms with van der Waals surface area (Å²) in [6, 6.07) is 14.1. The van der Waals surface area contributed by atoms with E-state index in [0.717, 1.165) is 24.0 Å². The number of carbonyl (C=O) groups excluding carboxylic acids is 1. The van der Waals surface area contributed by atoms with Gasteiger partial charge in [-0.1, -0.05) is 60.4 Å². The first-order valence-electron chi connectivity index (χ1n) is 8.01. The zero-order chi connectivity index (χ0) is 19.4. The number of thiocarbonyl (C=S) groups is 1. The Morgan fingerprint density at radius 3 is 2.48 bits per heavy atom. The number of thioether (sulfide) groups is 1.